The summed E-state index contributed by atoms with van der Waals surface area (Å²) in [6, 6.07) is 0.225. The maximum Gasteiger partial charge on any atom is 0.136 e. The number of fused-ring (bicyclic) bond motifs is 5. The van der Waals surface area contributed by atoms with E-state index >= 15 is 0 Å². The van der Waals surface area contributed by atoms with Crippen molar-refractivity contribution in [1.82, 2.24) is 0 Å². The summed E-state index contributed by atoms with van der Waals surface area (Å²) < 4.78 is 0. The Morgan fingerprint density at radius 3 is 2.46 bits per heavy atom. The summed E-state index contributed by atoms with van der Waals surface area (Å²) in [4.78, 5) is 13.0. The van der Waals surface area contributed by atoms with Gasteiger partial charge in [-0.05, 0) is 86.4 Å². The van der Waals surface area contributed by atoms with Gasteiger partial charge < -0.3 is 10.8 Å². The van der Waals surface area contributed by atoms with E-state index in [0.717, 1.165) is 32.1 Å². The molecule has 0 bridgehead atoms. The predicted octanol–water partition coefficient (Wildman–Crippen LogP) is 3.53. The zero-order valence-corrected chi connectivity index (χ0v) is 15.6. The molecule has 0 saturated heterocycles. The van der Waals surface area contributed by atoms with Crippen LogP contribution in [0.1, 0.15) is 72.1 Å². The quantitative estimate of drug-likeness (QED) is 0.771. The largest absolute Gasteiger partial charge is 0.393 e. The third-order valence-corrected chi connectivity index (χ3v) is 9.15. The first-order chi connectivity index (χ1) is 11.3. The van der Waals surface area contributed by atoms with Crippen LogP contribution in [0.3, 0.4) is 0 Å². The van der Waals surface area contributed by atoms with Crippen molar-refractivity contribution >= 4 is 5.78 Å². The van der Waals surface area contributed by atoms with Crippen molar-refractivity contribution in [3.05, 3.63) is 0 Å². The molecule has 24 heavy (non-hydrogen) atoms. The van der Waals surface area contributed by atoms with E-state index in [1.54, 1.807) is 0 Å². The molecule has 4 aliphatic rings. The lowest BCUT2D eigenvalue weighted by atomic mass is 9.44. The minimum absolute atomic E-state index is 0.181. The van der Waals surface area contributed by atoms with E-state index < -0.39 is 0 Å². The first-order valence-electron chi connectivity index (χ1n) is 10.2. The van der Waals surface area contributed by atoms with Crippen molar-refractivity contribution in [2.45, 2.75) is 84.3 Å². The van der Waals surface area contributed by atoms with Gasteiger partial charge in [0.05, 0.1) is 6.10 Å². The fraction of sp³-hybridized carbons (Fsp3) is 0.952. The normalized spacial score (nSPS) is 55.5. The molecule has 0 aromatic rings. The number of aliphatic hydroxyl groups excluding tert-OH is 1. The SMILES string of the molecule is CC(O)[C@H]1CCC2C3CC(=O)C4CC(N)CC[C@]4(C)C3CC[C@@]21C. The number of carbonyl (C=O) groups is 1. The second-order valence-corrected chi connectivity index (χ2v) is 10.1. The third kappa shape index (κ3) is 2.19. The molecule has 0 heterocycles. The second-order valence-electron chi connectivity index (χ2n) is 10.1. The van der Waals surface area contributed by atoms with E-state index in [9.17, 15) is 9.90 Å². The Labute approximate surface area is 146 Å². The van der Waals surface area contributed by atoms with Crippen molar-refractivity contribution in [2.75, 3.05) is 0 Å². The number of aliphatic hydroxyl groups is 1. The third-order valence-electron chi connectivity index (χ3n) is 9.15. The molecular formula is C21H35NO2. The summed E-state index contributed by atoms with van der Waals surface area (Å²) in [5.74, 6) is 3.01. The van der Waals surface area contributed by atoms with Crippen molar-refractivity contribution in [3.63, 3.8) is 0 Å². The van der Waals surface area contributed by atoms with Gasteiger partial charge in [0.1, 0.15) is 5.78 Å². The van der Waals surface area contributed by atoms with Crippen LogP contribution < -0.4 is 5.73 Å². The average Bonchev–Trinajstić information content (AvgIpc) is 2.87. The van der Waals surface area contributed by atoms with Crippen LogP contribution in [0, 0.1) is 40.4 Å². The minimum atomic E-state index is -0.216. The molecule has 3 N–H and O–H groups in total. The number of carbonyl (C=O) groups excluding carboxylic acids is 1. The van der Waals surface area contributed by atoms with Crippen LogP contribution in [0.2, 0.25) is 0 Å². The number of hydrogen-bond donors (Lipinski definition) is 2. The Bertz CT molecular complexity index is 532. The van der Waals surface area contributed by atoms with Crippen LogP contribution in [0.4, 0.5) is 0 Å². The van der Waals surface area contributed by atoms with Gasteiger partial charge in [-0.25, -0.2) is 0 Å². The van der Waals surface area contributed by atoms with Crippen LogP contribution in [-0.2, 0) is 4.79 Å². The topological polar surface area (TPSA) is 63.3 Å². The van der Waals surface area contributed by atoms with Crippen molar-refractivity contribution in [1.29, 1.82) is 0 Å². The molecule has 136 valence electrons. The fourth-order valence-electron chi connectivity index (χ4n) is 7.90. The van der Waals surface area contributed by atoms with Crippen LogP contribution in [0.15, 0.2) is 0 Å². The zero-order valence-electron chi connectivity index (χ0n) is 15.6. The van der Waals surface area contributed by atoms with Gasteiger partial charge in [0.15, 0.2) is 0 Å². The van der Waals surface area contributed by atoms with E-state index in [-0.39, 0.29) is 28.9 Å². The molecule has 0 aromatic heterocycles. The predicted molar refractivity (Wildman–Crippen MR) is 95.3 cm³/mol. The molecule has 9 atom stereocenters. The average molecular weight is 334 g/mol. The maximum atomic E-state index is 13.0. The van der Waals surface area contributed by atoms with Crippen LogP contribution in [0.25, 0.3) is 0 Å². The fourth-order valence-corrected chi connectivity index (χ4v) is 7.90. The summed E-state index contributed by atoms with van der Waals surface area (Å²) in [6.07, 6.45) is 8.53. The van der Waals surface area contributed by atoms with Gasteiger partial charge in [-0.3, -0.25) is 4.79 Å². The molecule has 4 rings (SSSR count). The molecule has 4 fully saturated rings. The highest BCUT2D eigenvalue weighted by molar-refractivity contribution is 5.83. The maximum absolute atomic E-state index is 13.0. The lowest BCUT2D eigenvalue weighted by Gasteiger charge is -2.60. The van der Waals surface area contributed by atoms with Crippen LogP contribution in [0.5, 0.6) is 0 Å². The second kappa shape index (κ2) is 5.54. The summed E-state index contributed by atoms with van der Waals surface area (Å²) in [5, 5.41) is 10.3. The highest BCUT2D eigenvalue weighted by atomic mass is 16.3. The van der Waals surface area contributed by atoms with Gasteiger partial charge in [-0.2, -0.15) is 0 Å². The first kappa shape index (κ1) is 17.0. The Morgan fingerprint density at radius 2 is 1.75 bits per heavy atom. The van der Waals surface area contributed by atoms with Crippen molar-refractivity contribution in [2.24, 2.45) is 46.2 Å². The molecule has 6 unspecified atom stereocenters. The molecule has 0 radical (unpaired) electrons. The Morgan fingerprint density at radius 1 is 1.08 bits per heavy atom. The number of rotatable bonds is 1. The molecule has 0 aromatic carbocycles. The summed E-state index contributed by atoms with van der Waals surface area (Å²) in [6.45, 7) is 6.78. The van der Waals surface area contributed by atoms with Crippen molar-refractivity contribution in [3.8, 4) is 0 Å². The van der Waals surface area contributed by atoms with Gasteiger partial charge in [0, 0.05) is 18.4 Å². The number of Topliss-reactive ketones (excluding diaryl/α,β-unsaturated/α-hetero) is 1. The molecule has 0 amide bonds. The number of nitrogens with two attached hydrogens (primary N) is 1. The van der Waals surface area contributed by atoms with Gasteiger partial charge in [-0.15, -0.1) is 0 Å². The van der Waals surface area contributed by atoms with Gasteiger partial charge in [0.2, 0.25) is 0 Å². The summed E-state index contributed by atoms with van der Waals surface area (Å²) in [5.41, 5.74) is 6.63. The van der Waals surface area contributed by atoms with Gasteiger partial charge in [-0.1, -0.05) is 13.8 Å². The molecule has 4 aliphatic carbocycles. The van der Waals surface area contributed by atoms with Crippen molar-refractivity contribution < 1.29 is 9.90 Å². The van der Waals surface area contributed by atoms with Gasteiger partial charge >= 0.3 is 0 Å². The van der Waals surface area contributed by atoms with E-state index in [1.165, 1.54) is 19.3 Å². The smallest absolute Gasteiger partial charge is 0.136 e. The monoisotopic (exact) mass is 333 g/mol. The van der Waals surface area contributed by atoms with E-state index in [4.69, 9.17) is 5.73 Å². The molecular weight excluding hydrogens is 298 g/mol. The summed E-state index contributed by atoms with van der Waals surface area (Å²) in [7, 11) is 0. The standard InChI is InChI=1S/C21H35NO2/c1-12(23)15-4-5-16-14-11-19(24)18-10-13(22)6-8-21(18,3)17(14)7-9-20(15,16)2/h12-18,23H,4-11,22H2,1-3H3/t12?,13?,14?,15-,16?,17?,18?,20-,21-/m1/s1. The lowest BCUT2D eigenvalue weighted by Crippen LogP contribution is -2.58. The number of ketones is 1. The Balaban J connectivity index is 1.66. The highest BCUT2D eigenvalue weighted by Gasteiger charge is 2.62. The highest BCUT2D eigenvalue weighted by Crippen LogP contribution is 2.67. The summed E-state index contributed by atoms with van der Waals surface area (Å²) >= 11 is 0. The molecule has 0 aliphatic heterocycles. The minimum Gasteiger partial charge on any atom is -0.393 e. The van der Waals surface area contributed by atoms with E-state index in [1.807, 2.05) is 6.92 Å². The molecule has 3 nitrogen and oxygen atoms in total. The van der Waals surface area contributed by atoms with E-state index in [2.05, 4.69) is 13.8 Å². The van der Waals surface area contributed by atoms with Crippen LogP contribution >= 0.6 is 0 Å². The van der Waals surface area contributed by atoms with Gasteiger partial charge in [0.25, 0.3) is 0 Å². The lowest BCUT2D eigenvalue weighted by molar-refractivity contribution is -0.155. The number of hydrogen-bond acceptors (Lipinski definition) is 3. The van der Waals surface area contributed by atoms with E-state index in [0.29, 0.717) is 29.5 Å². The molecule has 3 heteroatoms. The zero-order chi connectivity index (χ0) is 17.3. The Kier molecular flexibility index (Phi) is 3.93. The van der Waals surface area contributed by atoms with Crippen LogP contribution in [-0.4, -0.2) is 23.0 Å². The Hall–Kier alpha value is -0.410. The first-order valence-corrected chi connectivity index (χ1v) is 10.2. The molecule has 0 spiro atoms. The molecule has 4 saturated carbocycles.